The summed E-state index contributed by atoms with van der Waals surface area (Å²) in [4.78, 5) is 32.0. The highest BCUT2D eigenvalue weighted by atomic mass is 16.5. The Morgan fingerprint density at radius 1 is 1.29 bits per heavy atom. The van der Waals surface area contributed by atoms with E-state index >= 15 is 0 Å². The summed E-state index contributed by atoms with van der Waals surface area (Å²) in [6.07, 6.45) is 4.38. The van der Waals surface area contributed by atoms with Crippen LogP contribution in [0.1, 0.15) is 34.8 Å². The van der Waals surface area contributed by atoms with Gasteiger partial charge in [-0.05, 0) is 36.5 Å². The zero-order valence-electron chi connectivity index (χ0n) is 15.9. The Morgan fingerprint density at radius 3 is 2.82 bits per heavy atom. The molecule has 2 saturated heterocycles. The van der Waals surface area contributed by atoms with Crippen LogP contribution in [0.5, 0.6) is 5.75 Å². The van der Waals surface area contributed by atoms with Crippen molar-refractivity contribution in [1.82, 2.24) is 25.7 Å². The summed E-state index contributed by atoms with van der Waals surface area (Å²) >= 11 is 0. The molecule has 2 atom stereocenters. The second kappa shape index (κ2) is 8.12. The molecule has 2 fully saturated rings. The smallest absolute Gasteiger partial charge is 0.273 e. The van der Waals surface area contributed by atoms with Crippen LogP contribution < -0.4 is 21.1 Å². The highest BCUT2D eigenvalue weighted by Gasteiger charge is 2.37. The van der Waals surface area contributed by atoms with Crippen molar-refractivity contribution in [3.05, 3.63) is 58.3 Å². The van der Waals surface area contributed by atoms with E-state index in [4.69, 9.17) is 4.74 Å². The van der Waals surface area contributed by atoms with Crippen LogP contribution in [0.25, 0.3) is 0 Å². The molecule has 3 N–H and O–H groups in total. The molecule has 2 aliphatic heterocycles. The first-order valence-corrected chi connectivity index (χ1v) is 9.62. The monoisotopic (exact) mass is 383 g/mol. The number of hydrogen-bond donors (Lipinski definition) is 3. The van der Waals surface area contributed by atoms with Crippen molar-refractivity contribution in [1.29, 1.82) is 0 Å². The van der Waals surface area contributed by atoms with E-state index in [1.165, 1.54) is 11.8 Å². The van der Waals surface area contributed by atoms with Crippen molar-refractivity contribution in [3.8, 4) is 5.75 Å². The van der Waals surface area contributed by atoms with Crippen molar-refractivity contribution >= 4 is 5.91 Å². The number of benzene rings is 1. The van der Waals surface area contributed by atoms with Gasteiger partial charge in [-0.3, -0.25) is 20.4 Å². The average Bonchev–Trinajstić information content (AvgIpc) is 3.24. The second-order valence-electron chi connectivity index (χ2n) is 7.36. The molecule has 3 heterocycles. The number of carbonyl (C=O) groups excluding carboxylic acids is 1. The summed E-state index contributed by atoms with van der Waals surface area (Å²) < 4.78 is 5.37. The van der Waals surface area contributed by atoms with Crippen LogP contribution in [0.2, 0.25) is 0 Å². The van der Waals surface area contributed by atoms with Gasteiger partial charge in [0.2, 0.25) is 0 Å². The van der Waals surface area contributed by atoms with E-state index in [1.54, 1.807) is 7.11 Å². The molecule has 2 aromatic rings. The fourth-order valence-corrected chi connectivity index (χ4v) is 4.24. The maximum Gasteiger partial charge on any atom is 0.273 e. The summed E-state index contributed by atoms with van der Waals surface area (Å²) in [6.45, 7) is 2.25. The molecule has 28 heavy (non-hydrogen) atoms. The highest BCUT2D eigenvalue weighted by Crippen LogP contribution is 2.33. The molecule has 1 aromatic heterocycles. The molecule has 1 aromatic carbocycles. The molecular weight excluding hydrogens is 358 g/mol. The van der Waals surface area contributed by atoms with Gasteiger partial charge < -0.3 is 14.6 Å². The Balaban J connectivity index is 1.40. The van der Waals surface area contributed by atoms with Gasteiger partial charge in [-0.15, -0.1) is 0 Å². The van der Waals surface area contributed by atoms with E-state index < -0.39 is 0 Å². The number of rotatable bonds is 4. The van der Waals surface area contributed by atoms with Crippen molar-refractivity contribution in [3.63, 3.8) is 0 Å². The molecule has 1 amide bonds. The molecule has 0 saturated carbocycles. The average molecular weight is 383 g/mol. The first kappa shape index (κ1) is 18.6. The third-order valence-corrected chi connectivity index (χ3v) is 5.77. The van der Waals surface area contributed by atoms with Crippen LogP contribution >= 0.6 is 0 Å². The van der Waals surface area contributed by atoms with Gasteiger partial charge in [0.1, 0.15) is 11.4 Å². The van der Waals surface area contributed by atoms with Crippen molar-refractivity contribution < 1.29 is 9.53 Å². The number of methoxy groups -OCH3 is 1. The predicted molar refractivity (Wildman–Crippen MR) is 104 cm³/mol. The number of aromatic nitrogens is 2. The van der Waals surface area contributed by atoms with Gasteiger partial charge in [0, 0.05) is 37.8 Å². The lowest BCUT2D eigenvalue weighted by Crippen LogP contribution is -2.46. The Hall–Kier alpha value is -2.71. The Kier molecular flexibility index (Phi) is 5.40. The first-order chi connectivity index (χ1) is 13.7. The number of carbonyl (C=O) groups is 1. The zero-order chi connectivity index (χ0) is 19.5. The van der Waals surface area contributed by atoms with Crippen LogP contribution in [0.15, 0.2) is 41.5 Å². The normalized spacial score (nSPS) is 23.0. The van der Waals surface area contributed by atoms with Crippen LogP contribution in [0.4, 0.5) is 0 Å². The van der Waals surface area contributed by atoms with E-state index in [0.29, 0.717) is 31.0 Å². The van der Waals surface area contributed by atoms with Gasteiger partial charge >= 0.3 is 0 Å². The fraction of sp³-hybridized carbons (Fsp3) is 0.450. The van der Waals surface area contributed by atoms with Crippen LogP contribution in [-0.2, 0) is 0 Å². The molecule has 4 rings (SSSR count). The largest absolute Gasteiger partial charge is 0.497 e. The number of H-pyrrole nitrogens is 1. The number of likely N-dealkylation sites (tertiary alicyclic amines) is 1. The van der Waals surface area contributed by atoms with Crippen molar-refractivity contribution in [2.75, 3.05) is 26.7 Å². The summed E-state index contributed by atoms with van der Waals surface area (Å²) in [5.74, 6) is 1.58. The number of hydrogen-bond acceptors (Lipinski definition) is 6. The van der Waals surface area contributed by atoms with Gasteiger partial charge in [0.25, 0.3) is 11.5 Å². The molecule has 0 aliphatic carbocycles. The Morgan fingerprint density at radius 2 is 2.11 bits per heavy atom. The minimum Gasteiger partial charge on any atom is -0.497 e. The van der Waals surface area contributed by atoms with Gasteiger partial charge in [0.15, 0.2) is 0 Å². The molecule has 0 radical (unpaired) electrons. The number of nitrogens with one attached hydrogen (secondary N) is 3. The lowest BCUT2D eigenvalue weighted by molar-refractivity contribution is 0.0663. The van der Waals surface area contributed by atoms with E-state index in [1.807, 2.05) is 17.0 Å². The lowest BCUT2D eigenvalue weighted by Gasteiger charge is -2.36. The minimum absolute atomic E-state index is 0.128. The number of amides is 1. The fourth-order valence-electron chi connectivity index (χ4n) is 4.24. The van der Waals surface area contributed by atoms with Gasteiger partial charge in [-0.1, -0.05) is 12.1 Å². The number of hydrazine groups is 1. The maximum absolute atomic E-state index is 12.6. The summed E-state index contributed by atoms with van der Waals surface area (Å²) in [7, 11) is 1.69. The third-order valence-electron chi connectivity index (χ3n) is 5.77. The Labute approximate surface area is 163 Å². The topological polar surface area (TPSA) is 99.4 Å². The number of ether oxygens (including phenoxy) is 1. The Bertz CT molecular complexity index is 871. The third kappa shape index (κ3) is 3.79. The highest BCUT2D eigenvalue weighted by molar-refractivity contribution is 5.92. The summed E-state index contributed by atoms with van der Waals surface area (Å²) in [6, 6.07) is 8.56. The zero-order valence-corrected chi connectivity index (χ0v) is 15.9. The van der Waals surface area contributed by atoms with E-state index in [9.17, 15) is 9.59 Å². The van der Waals surface area contributed by atoms with Crippen molar-refractivity contribution in [2.24, 2.45) is 5.92 Å². The van der Waals surface area contributed by atoms with Crippen LogP contribution in [-0.4, -0.2) is 53.6 Å². The van der Waals surface area contributed by atoms with Gasteiger partial charge in [-0.25, -0.2) is 4.98 Å². The molecule has 148 valence electrons. The SMILES string of the molecule is COc1cccc(C2CNNC2C2CCN(C(=O)c3c[nH]c(=O)cn3)CC2)c1. The lowest BCUT2D eigenvalue weighted by atomic mass is 9.80. The quantitative estimate of drug-likeness (QED) is 0.725. The molecule has 8 nitrogen and oxygen atoms in total. The predicted octanol–water partition coefficient (Wildman–Crippen LogP) is 0.891. The van der Waals surface area contributed by atoms with Gasteiger partial charge in [-0.2, -0.15) is 0 Å². The summed E-state index contributed by atoms with van der Waals surface area (Å²) in [5, 5.41) is 0. The van der Waals surface area contributed by atoms with Crippen LogP contribution in [0, 0.1) is 5.92 Å². The van der Waals surface area contributed by atoms with Gasteiger partial charge in [0.05, 0.1) is 13.3 Å². The number of nitrogens with zero attached hydrogens (tertiary/aromatic N) is 2. The number of aromatic amines is 1. The maximum atomic E-state index is 12.6. The number of piperidine rings is 1. The molecular formula is C20H25N5O3. The molecule has 0 bridgehead atoms. The second-order valence-corrected chi connectivity index (χ2v) is 7.36. The first-order valence-electron chi connectivity index (χ1n) is 9.62. The molecule has 2 aliphatic rings. The van der Waals surface area contributed by atoms with Crippen LogP contribution in [0.3, 0.4) is 0 Å². The standard InChI is InChI=1S/C20H25N5O3/c1-28-15-4-2-3-14(9-15)16-10-23-24-19(16)13-5-7-25(8-6-13)20(27)17-11-22-18(26)12-21-17/h2-4,9,11-13,16,19,23-24H,5-8,10H2,1H3,(H,22,26). The minimum atomic E-state index is -0.307. The molecule has 0 spiro atoms. The van der Waals surface area contributed by atoms with E-state index in [2.05, 4.69) is 33.0 Å². The van der Waals surface area contributed by atoms with E-state index in [0.717, 1.165) is 31.3 Å². The van der Waals surface area contributed by atoms with E-state index in [-0.39, 0.29) is 17.2 Å². The molecule has 8 heteroatoms. The summed E-state index contributed by atoms with van der Waals surface area (Å²) in [5.41, 5.74) is 7.99. The van der Waals surface area contributed by atoms with Crippen molar-refractivity contribution in [2.45, 2.75) is 24.8 Å². The molecule has 2 unspecified atom stereocenters.